The molecule has 0 fully saturated rings. The minimum absolute atomic E-state index is 0.0441. The molecule has 0 unspecified atom stereocenters. The summed E-state index contributed by atoms with van der Waals surface area (Å²) in [6.07, 6.45) is 3.55. The average molecular weight is 129 g/mol. The normalized spacial score (nSPS) is 10.0. The number of rotatable bonds is 3. The van der Waals surface area contributed by atoms with Crippen molar-refractivity contribution < 1.29 is 9.53 Å². The van der Waals surface area contributed by atoms with Crippen LogP contribution in [0.2, 0.25) is 0 Å². The molecule has 0 radical (unpaired) electrons. The summed E-state index contributed by atoms with van der Waals surface area (Å²) in [5.41, 5.74) is 4.96. The Labute approximate surface area is 54.5 Å². The first kappa shape index (κ1) is 8.17. The number of hydrogen-bond donors (Lipinski definition) is 1. The van der Waals surface area contributed by atoms with Crippen molar-refractivity contribution in [2.24, 2.45) is 5.73 Å². The lowest BCUT2D eigenvalue weighted by Crippen LogP contribution is -2.16. The fraction of sp³-hybridized carbons (Fsp3) is 0.500. The molecule has 0 aromatic carbocycles. The van der Waals surface area contributed by atoms with Crippen molar-refractivity contribution in [1.82, 2.24) is 0 Å². The summed E-state index contributed by atoms with van der Waals surface area (Å²) >= 11 is 0. The Kier molecular flexibility index (Phi) is 4.82. The number of allylic oxidation sites excluding steroid dienone is 1. The maximum atomic E-state index is 10.3. The van der Waals surface area contributed by atoms with E-state index < -0.39 is 0 Å². The minimum atomic E-state index is -0.367. The summed E-state index contributed by atoms with van der Waals surface area (Å²) in [5.74, 6) is -0.367. The zero-order valence-corrected chi connectivity index (χ0v) is 5.46. The van der Waals surface area contributed by atoms with Gasteiger partial charge in [0.25, 0.3) is 0 Å². The summed E-state index contributed by atoms with van der Waals surface area (Å²) in [6.45, 7) is 2.14. The summed E-state index contributed by atoms with van der Waals surface area (Å²) in [5, 5.41) is 0. The quantitative estimate of drug-likeness (QED) is 0.433. The molecule has 9 heavy (non-hydrogen) atoms. The van der Waals surface area contributed by atoms with Crippen molar-refractivity contribution in [3.63, 3.8) is 0 Å². The van der Waals surface area contributed by atoms with Crippen LogP contribution in [0.15, 0.2) is 12.2 Å². The molecule has 0 spiro atoms. The lowest BCUT2D eigenvalue weighted by atomic mass is 10.5. The second-order valence-corrected chi connectivity index (χ2v) is 1.46. The molecule has 0 saturated heterocycles. The minimum Gasteiger partial charge on any atom is -0.461 e. The Morgan fingerprint density at radius 3 is 2.89 bits per heavy atom. The van der Waals surface area contributed by atoms with E-state index in [0.29, 0.717) is 6.61 Å². The second kappa shape index (κ2) is 5.31. The largest absolute Gasteiger partial charge is 0.461 e. The van der Waals surface area contributed by atoms with Gasteiger partial charge in [0.1, 0.15) is 6.61 Å². The topological polar surface area (TPSA) is 52.3 Å². The molecular weight excluding hydrogens is 118 g/mol. The number of carbonyl (C=O) groups excluding carboxylic acids is 1. The van der Waals surface area contributed by atoms with Crippen molar-refractivity contribution in [1.29, 1.82) is 0 Å². The fourth-order valence-corrected chi connectivity index (χ4v) is 0.296. The van der Waals surface area contributed by atoms with Gasteiger partial charge in [-0.3, -0.25) is 4.79 Å². The first-order valence-corrected chi connectivity index (χ1v) is 2.78. The first-order chi connectivity index (χ1) is 4.31. The van der Waals surface area contributed by atoms with E-state index in [1.165, 1.54) is 0 Å². The van der Waals surface area contributed by atoms with E-state index >= 15 is 0 Å². The molecular formula is C6H11NO2. The van der Waals surface area contributed by atoms with Crippen molar-refractivity contribution in [3.8, 4) is 0 Å². The molecule has 0 heterocycles. The highest BCUT2D eigenvalue weighted by Gasteiger charge is 1.92. The predicted molar refractivity (Wildman–Crippen MR) is 34.8 cm³/mol. The molecule has 0 aromatic rings. The van der Waals surface area contributed by atoms with E-state index in [0.717, 1.165) is 0 Å². The Morgan fingerprint density at radius 1 is 1.78 bits per heavy atom. The van der Waals surface area contributed by atoms with Crippen LogP contribution in [-0.2, 0) is 9.53 Å². The van der Waals surface area contributed by atoms with Gasteiger partial charge in [0.2, 0.25) is 0 Å². The van der Waals surface area contributed by atoms with Gasteiger partial charge in [0.05, 0.1) is 6.54 Å². The molecule has 0 aliphatic rings. The van der Waals surface area contributed by atoms with Crippen molar-refractivity contribution in [2.75, 3.05) is 13.2 Å². The average Bonchev–Trinajstić information content (AvgIpc) is 1.89. The van der Waals surface area contributed by atoms with Gasteiger partial charge in [0, 0.05) is 0 Å². The smallest absolute Gasteiger partial charge is 0.320 e. The van der Waals surface area contributed by atoms with Crippen molar-refractivity contribution in [3.05, 3.63) is 12.2 Å². The molecule has 0 aliphatic carbocycles. The highest BCUT2D eigenvalue weighted by Crippen LogP contribution is 1.76. The molecule has 2 N–H and O–H groups in total. The van der Waals surface area contributed by atoms with Crippen LogP contribution in [0, 0.1) is 0 Å². The van der Waals surface area contributed by atoms with Crippen LogP contribution in [0.3, 0.4) is 0 Å². The summed E-state index contributed by atoms with van der Waals surface area (Å²) in [6, 6.07) is 0. The van der Waals surface area contributed by atoms with Gasteiger partial charge in [-0.2, -0.15) is 0 Å². The number of nitrogens with two attached hydrogens (primary N) is 1. The van der Waals surface area contributed by atoms with E-state index in [1.807, 2.05) is 13.0 Å². The van der Waals surface area contributed by atoms with E-state index in [9.17, 15) is 4.79 Å². The Hall–Kier alpha value is -0.830. The van der Waals surface area contributed by atoms with E-state index in [1.54, 1.807) is 6.08 Å². The van der Waals surface area contributed by atoms with Gasteiger partial charge >= 0.3 is 5.97 Å². The number of carbonyl (C=O) groups is 1. The molecule has 0 aromatic heterocycles. The van der Waals surface area contributed by atoms with Crippen LogP contribution in [0.1, 0.15) is 6.92 Å². The van der Waals surface area contributed by atoms with Gasteiger partial charge in [-0.1, -0.05) is 12.2 Å². The van der Waals surface area contributed by atoms with E-state index in [-0.39, 0.29) is 12.5 Å². The van der Waals surface area contributed by atoms with Crippen LogP contribution in [0.25, 0.3) is 0 Å². The summed E-state index contributed by atoms with van der Waals surface area (Å²) in [4.78, 5) is 10.3. The maximum Gasteiger partial charge on any atom is 0.320 e. The maximum absolute atomic E-state index is 10.3. The molecule has 3 heteroatoms. The molecule has 52 valence electrons. The van der Waals surface area contributed by atoms with Crippen LogP contribution >= 0.6 is 0 Å². The van der Waals surface area contributed by atoms with Crippen LogP contribution in [0.4, 0.5) is 0 Å². The molecule has 0 saturated carbocycles. The number of ether oxygens (including phenoxy) is 1. The predicted octanol–water partition coefficient (Wildman–Crippen LogP) is 0.0644. The zero-order chi connectivity index (χ0) is 7.11. The Bertz CT molecular complexity index is 110. The highest BCUT2D eigenvalue weighted by atomic mass is 16.5. The van der Waals surface area contributed by atoms with Gasteiger partial charge in [0.15, 0.2) is 0 Å². The number of hydrogen-bond acceptors (Lipinski definition) is 3. The standard InChI is InChI=1S/C6H11NO2/c1-2-3-4-9-6(8)5-7/h2-3H,4-5,7H2,1H3/b3-2-. The molecule has 0 bridgehead atoms. The molecule has 0 amide bonds. The number of esters is 1. The van der Waals surface area contributed by atoms with Crippen LogP contribution in [-0.4, -0.2) is 19.1 Å². The van der Waals surface area contributed by atoms with Gasteiger partial charge in [-0.05, 0) is 6.92 Å². The summed E-state index contributed by atoms with van der Waals surface area (Å²) < 4.78 is 4.58. The summed E-state index contributed by atoms with van der Waals surface area (Å²) in [7, 11) is 0. The van der Waals surface area contributed by atoms with E-state index in [2.05, 4.69) is 4.74 Å². The van der Waals surface area contributed by atoms with Gasteiger partial charge < -0.3 is 10.5 Å². The van der Waals surface area contributed by atoms with Crippen LogP contribution in [0.5, 0.6) is 0 Å². The monoisotopic (exact) mass is 129 g/mol. The van der Waals surface area contributed by atoms with Crippen molar-refractivity contribution >= 4 is 5.97 Å². The lowest BCUT2D eigenvalue weighted by Gasteiger charge is -1.95. The molecule has 0 rings (SSSR count). The molecule has 0 atom stereocenters. The molecule has 3 nitrogen and oxygen atoms in total. The van der Waals surface area contributed by atoms with Crippen LogP contribution < -0.4 is 5.73 Å². The van der Waals surface area contributed by atoms with Gasteiger partial charge in [-0.15, -0.1) is 0 Å². The third-order valence-corrected chi connectivity index (χ3v) is 0.743. The first-order valence-electron chi connectivity index (χ1n) is 2.78. The third-order valence-electron chi connectivity index (χ3n) is 0.743. The lowest BCUT2D eigenvalue weighted by molar-refractivity contribution is -0.140. The fourth-order valence-electron chi connectivity index (χ4n) is 0.296. The Balaban J connectivity index is 3.17. The highest BCUT2D eigenvalue weighted by molar-refractivity contribution is 5.71. The van der Waals surface area contributed by atoms with Gasteiger partial charge in [-0.25, -0.2) is 0 Å². The van der Waals surface area contributed by atoms with E-state index in [4.69, 9.17) is 5.73 Å². The zero-order valence-electron chi connectivity index (χ0n) is 5.46. The SMILES string of the molecule is C/C=C\COC(=O)CN. The van der Waals surface area contributed by atoms with Crippen molar-refractivity contribution in [2.45, 2.75) is 6.92 Å². The Morgan fingerprint density at radius 2 is 2.44 bits per heavy atom. The second-order valence-electron chi connectivity index (χ2n) is 1.46. The third kappa shape index (κ3) is 5.03. The molecule has 0 aliphatic heterocycles.